The van der Waals surface area contributed by atoms with Gasteiger partial charge in [0.2, 0.25) is 5.56 Å². The molecule has 0 atom stereocenters. The van der Waals surface area contributed by atoms with Crippen LogP contribution in [0.25, 0.3) is 16.7 Å². The average molecular weight is 212 g/mol. The van der Waals surface area contributed by atoms with E-state index in [-0.39, 0.29) is 5.56 Å². The number of hydrogen-bond acceptors (Lipinski definition) is 3. The van der Waals surface area contributed by atoms with Gasteiger partial charge in [0.1, 0.15) is 0 Å². The largest absolute Gasteiger partial charge is 0.321 e. The highest BCUT2D eigenvalue weighted by molar-refractivity contribution is 5.75. The Morgan fingerprint density at radius 1 is 1.31 bits per heavy atom. The van der Waals surface area contributed by atoms with Crippen LogP contribution in [0.2, 0.25) is 0 Å². The lowest BCUT2D eigenvalue weighted by atomic mass is 10.3. The van der Waals surface area contributed by atoms with Crippen molar-refractivity contribution in [1.29, 1.82) is 0 Å². The fourth-order valence-corrected chi connectivity index (χ4v) is 1.58. The minimum absolute atomic E-state index is 0.128. The molecule has 1 N–H and O–H groups in total. The topological polar surface area (TPSA) is 63.6 Å². The van der Waals surface area contributed by atoms with Gasteiger partial charge in [0.05, 0.1) is 29.2 Å². The van der Waals surface area contributed by atoms with Crippen molar-refractivity contribution in [3.05, 3.63) is 53.5 Å². The number of fused-ring (bicyclic) bond motifs is 1. The first-order valence-electron chi connectivity index (χ1n) is 4.80. The molecular formula is C11H8N4O. The van der Waals surface area contributed by atoms with Gasteiger partial charge in [-0.25, -0.2) is 4.98 Å². The number of aromatic amines is 1. The minimum Gasteiger partial charge on any atom is -0.321 e. The van der Waals surface area contributed by atoms with Gasteiger partial charge < -0.3 is 9.55 Å². The molecule has 0 amide bonds. The van der Waals surface area contributed by atoms with Crippen LogP contribution in [-0.4, -0.2) is 19.5 Å². The highest BCUT2D eigenvalue weighted by atomic mass is 16.1. The van der Waals surface area contributed by atoms with Gasteiger partial charge in [-0.05, 0) is 12.1 Å². The number of nitrogens with one attached hydrogen (secondary N) is 1. The predicted octanol–water partition coefficient (Wildman–Crippen LogP) is 1.11. The van der Waals surface area contributed by atoms with Crippen LogP contribution in [0.15, 0.2) is 47.9 Å². The molecule has 0 saturated heterocycles. The van der Waals surface area contributed by atoms with Gasteiger partial charge in [0.15, 0.2) is 0 Å². The van der Waals surface area contributed by atoms with Crippen molar-refractivity contribution in [3.8, 4) is 5.69 Å². The Labute approximate surface area is 90.4 Å². The summed E-state index contributed by atoms with van der Waals surface area (Å²) < 4.78 is 1.83. The first-order valence-corrected chi connectivity index (χ1v) is 4.80. The van der Waals surface area contributed by atoms with Crippen molar-refractivity contribution in [2.75, 3.05) is 0 Å². The van der Waals surface area contributed by atoms with Crippen molar-refractivity contribution < 1.29 is 0 Å². The molecule has 5 nitrogen and oxygen atoms in total. The molecule has 3 aromatic heterocycles. The van der Waals surface area contributed by atoms with Crippen LogP contribution in [0.4, 0.5) is 0 Å². The summed E-state index contributed by atoms with van der Waals surface area (Å²) in [7, 11) is 0. The Balaban J connectivity index is 2.26. The lowest BCUT2D eigenvalue weighted by molar-refractivity contribution is 1.04. The number of pyridine rings is 2. The SMILES string of the molecule is O=c1ccc2ncc(-n3ccnc3)cc2[nH]1. The van der Waals surface area contributed by atoms with Gasteiger partial charge in [-0.15, -0.1) is 0 Å². The Hall–Kier alpha value is -2.43. The predicted molar refractivity (Wildman–Crippen MR) is 59.5 cm³/mol. The maximum atomic E-state index is 11.2. The number of imidazole rings is 1. The van der Waals surface area contributed by atoms with E-state index in [0.717, 1.165) is 16.7 Å². The van der Waals surface area contributed by atoms with Crippen LogP contribution in [0.3, 0.4) is 0 Å². The van der Waals surface area contributed by atoms with Crippen LogP contribution in [-0.2, 0) is 0 Å². The van der Waals surface area contributed by atoms with E-state index in [9.17, 15) is 4.79 Å². The summed E-state index contributed by atoms with van der Waals surface area (Å²) in [5, 5.41) is 0. The number of hydrogen-bond donors (Lipinski definition) is 1. The molecule has 0 saturated carbocycles. The van der Waals surface area contributed by atoms with Gasteiger partial charge in [-0.3, -0.25) is 9.78 Å². The van der Waals surface area contributed by atoms with E-state index in [4.69, 9.17) is 0 Å². The van der Waals surface area contributed by atoms with Crippen LogP contribution in [0.5, 0.6) is 0 Å². The van der Waals surface area contributed by atoms with Gasteiger partial charge in [0.25, 0.3) is 0 Å². The van der Waals surface area contributed by atoms with Gasteiger partial charge in [-0.2, -0.15) is 0 Å². The highest BCUT2D eigenvalue weighted by Gasteiger charge is 1.99. The molecule has 0 fully saturated rings. The molecular weight excluding hydrogens is 204 g/mol. The molecule has 0 spiro atoms. The normalized spacial score (nSPS) is 10.8. The number of rotatable bonds is 1. The monoisotopic (exact) mass is 212 g/mol. The smallest absolute Gasteiger partial charge is 0.248 e. The van der Waals surface area contributed by atoms with Crippen LogP contribution in [0.1, 0.15) is 0 Å². The minimum atomic E-state index is -0.128. The van der Waals surface area contributed by atoms with Gasteiger partial charge in [0, 0.05) is 18.5 Å². The molecule has 3 heterocycles. The molecule has 16 heavy (non-hydrogen) atoms. The Morgan fingerprint density at radius 3 is 3.06 bits per heavy atom. The Kier molecular flexibility index (Phi) is 1.83. The van der Waals surface area contributed by atoms with E-state index in [0.29, 0.717) is 0 Å². The molecule has 0 unspecified atom stereocenters. The fraction of sp³-hybridized carbons (Fsp3) is 0. The fourth-order valence-electron chi connectivity index (χ4n) is 1.58. The molecule has 0 aliphatic heterocycles. The standard InChI is InChI=1S/C11H8N4O/c16-11-2-1-9-10(14-11)5-8(6-13-9)15-4-3-12-7-15/h1-7H,(H,14,16). The molecule has 0 aliphatic rings. The zero-order chi connectivity index (χ0) is 11.0. The highest BCUT2D eigenvalue weighted by Crippen LogP contribution is 2.11. The Bertz CT molecular complexity index is 685. The zero-order valence-corrected chi connectivity index (χ0v) is 8.29. The second-order valence-corrected chi connectivity index (χ2v) is 3.42. The van der Waals surface area contributed by atoms with Crippen molar-refractivity contribution in [3.63, 3.8) is 0 Å². The molecule has 3 rings (SSSR count). The van der Waals surface area contributed by atoms with Crippen molar-refractivity contribution in [2.24, 2.45) is 0 Å². The van der Waals surface area contributed by atoms with E-state index in [1.807, 2.05) is 16.8 Å². The van der Waals surface area contributed by atoms with Crippen molar-refractivity contribution in [1.82, 2.24) is 19.5 Å². The van der Waals surface area contributed by atoms with Crippen LogP contribution in [0, 0.1) is 0 Å². The average Bonchev–Trinajstić information content (AvgIpc) is 2.81. The summed E-state index contributed by atoms with van der Waals surface area (Å²) in [5.74, 6) is 0. The summed E-state index contributed by atoms with van der Waals surface area (Å²) in [6.45, 7) is 0. The second kappa shape index (κ2) is 3.30. The molecule has 5 heteroatoms. The molecule has 78 valence electrons. The number of aromatic nitrogens is 4. The molecule has 0 bridgehead atoms. The Morgan fingerprint density at radius 2 is 2.25 bits per heavy atom. The molecule has 3 aromatic rings. The van der Waals surface area contributed by atoms with Crippen LogP contribution >= 0.6 is 0 Å². The summed E-state index contributed by atoms with van der Waals surface area (Å²) in [4.78, 5) is 22.1. The van der Waals surface area contributed by atoms with E-state index in [2.05, 4.69) is 15.0 Å². The molecule has 0 radical (unpaired) electrons. The first kappa shape index (κ1) is 8.84. The molecule has 0 aliphatic carbocycles. The summed E-state index contributed by atoms with van der Waals surface area (Å²) in [6.07, 6.45) is 6.94. The maximum absolute atomic E-state index is 11.2. The zero-order valence-electron chi connectivity index (χ0n) is 8.29. The van der Waals surface area contributed by atoms with E-state index >= 15 is 0 Å². The third-order valence-corrected chi connectivity index (χ3v) is 2.36. The second-order valence-electron chi connectivity index (χ2n) is 3.42. The van der Waals surface area contributed by atoms with Crippen molar-refractivity contribution >= 4 is 11.0 Å². The van der Waals surface area contributed by atoms with E-state index in [1.54, 1.807) is 24.8 Å². The maximum Gasteiger partial charge on any atom is 0.248 e. The summed E-state index contributed by atoms with van der Waals surface area (Å²) in [6, 6.07) is 5.03. The van der Waals surface area contributed by atoms with Crippen molar-refractivity contribution in [2.45, 2.75) is 0 Å². The molecule has 0 aromatic carbocycles. The summed E-state index contributed by atoms with van der Waals surface area (Å²) >= 11 is 0. The van der Waals surface area contributed by atoms with E-state index < -0.39 is 0 Å². The third-order valence-electron chi connectivity index (χ3n) is 2.36. The van der Waals surface area contributed by atoms with Crippen LogP contribution < -0.4 is 5.56 Å². The van der Waals surface area contributed by atoms with Gasteiger partial charge >= 0.3 is 0 Å². The lowest BCUT2D eigenvalue weighted by Gasteiger charge is -2.02. The van der Waals surface area contributed by atoms with Gasteiger partial charge in [-0.1, -0.05) is 0 Å². The lowest BCUT2D eigenvalue weighted by Crippen LogP contribution is -2.03. The number of nitrogens with zero attached hydrogens (tertiary/aromatic N) is 3. The first-order chi connectivity index (χ1) is 7.83. The number of H-pyrrole nitrogens is 1. The van der Waals surface area contributed by atoms with E-state index in [1.165, 1.54) is 6.07 Å². The summed E-state index contributed by atoms with van der Waals surface area (Å²) in [5.41, 5.74) is 2.23. The third kappa shape index (κ3) is 1.38. The quantitative estimate of drug-likeness (QED) is 0.657.